The number of hydrogen-bond donors (Lipinski definition) is 3. The number of amides is 1. The van der Waals surface area contributed by atoms with Crippen molar-refractivity contribution in [3.05, 3.63) is 66.6 Å². The quantitative estimate of drug-likeness (QED) is 0.454. The molecule has 8 nitrogen and oxygen atoms in total. The average molecular weight is 400 g/mol. The van der Waals surface area contributed by atoms with Crippen molar-refractivity contribution >= 4 is 39.7 Å². The molecule has 0 spiro atoms. The molecule has 2 heterocycles. The average Bonchev–Trinajstić information content (AvgIpc) is 2.72. The first-order chi connectivity index (χ1) is 14.5. The van der Waals surface area contributed by atoms with E-state index >= 15 is 0 Å². The first kappa shape index (κ1) is 19.1. The van der Waals surface area contributed by atoms with Crippen LogP contribution in [0.1, 0.15) is 12.6 Å². The Kier molecular flexibility index (Phi) is 5.13. The van der Waals surface area contributed by atoms with Gasteiger partial charge in [0.15, 0.2) is 11.6 Å². The lowest BCUT2D eigenvalue weighted by Crippen LogP contribution is -2.06. The lowest BCUT2D eigenvalue weighted by Gasteiger charge is -2.13. The van der Waals surface area contributed by atoms with Crippen LogP contribution in [-0.4, -0.2) is 20.9 Å². The van der Waals surface area contributed by atoms with Gasteiger partial charge in [0.05, 0.1) is 0 Å². The molecule has 0 unspecified atom stereocenters. The van der Waals surface area contributed by atoms with Gasteiger partial charge in [0.25, 0.3) is 0 Å². The summed E-state index contributed by atoms with van der Waals surface area (Å²) in [4.78, 5) is 24.1. The molecule has 0 atom stereocenters. The van der Waals surface area contributed by atoms with Gasteiger partial charge < -0.3 is 21.1 Å². The Labute approximate surface area is 173 Å². The minimum absolute atomic E-state index is 0.129. The molecule has 0 aliphatic rings. The van der Waals surface area contributed by atoms with Crippen LogP contribution in [0.4, 0.5) is 22.9 Å². The van der Waals surface area contributed by atoms with E-state index in [-0.39, 0.29) is 17.5 Å². The monoisotopic (exact) mass is 400 g/mol. The molecular weight excluding hydrogens is 380 g/mol. The highest BCUT2D eigenvalue weighted by Gasteiger charge is 2.13. The van der Waals surface area contributed by atoms with Crippen LogP contribution >= 0.6 is 0 Å². The minimum atomic E-state index is -0.129. The summed E-state index contributed by atoms with van der Waals surface area (Å²) >= 11 is 0. The highest BCUT2D eigenvalue weighted by Crippen LogP contribution is 2.34. The number of anilines is 4. The number of nitrogens with two attached hydrogens (primary N) is 1. The number of benzene rings is 2. The molecule has 8 heteroatoms. The maximum absolute atomic E-state index is 11.1. The summed E-state index contributed by atoms with van der Waals surface area (Å²) in [5.74, 6) is 1.08. The second-order valence-electron chi connectivity index (χ2n) is 6.71. The number of nitrogen functional groups attached to an aromatic ring is 1. The van der Waals surface area contributed by atoms with Crippen molar-refractivity contribution in [3.8, 4) is 11.6 Å². The number of carbonyl (C=O) groups is 1. The van der Waals surface area contributed by atoms with E-state index in [1.54, 1.807) is 12.1 Å². The van der Waals surface area contributed by atoms with Crippen molar-refractivity contribution in [2.24, 2.45) is 0 Å². The smallest absolute Gasteiger partial charge is 0.248 e. The predicted octanol–water partition coefficient (Wildman–Crippen LogP) is 4.41. The van der Waals surface area contributed by atoms with Crippen LogP contribution in [0.5, 0.6) is 11.6 Å². The Balaban J connectivity index is 1.59. The normalized spacial score (nSPS) is 10.6. The molecule has 0 saturated heterocycles. The van der Waals surface area contributed by atoms with Gasteiger partial charge in [-0.3, -0.25) is 4.79 Å². The molecule has 30 heavy (non-hydrogen) atoms. The van der Waals surface area contributed by atoms with Gasteiger partial charge in [-0.2, -0.15) is 4.98 Å². The molecule has 0 aliphatic heterocycles. The molecule has 150 valence electrons. The zero-order valence-corrected chi connectivity index (χ0v) is 16.5. The van der Waals surface area contributed by atoms with Gasteiger partial charge in [0.2, 0.25) is 11.8 Å². The summed E-state index contributed by atoms with van der Waals surface area (Å²) in [6.07, 6.45) is 1.38. The highest BCUT2D eigenvalue weighted by molar-refractivity contribution is 5.89. The molecule has 4 aromatic rings. The van der Waals surface area contributed by atoms with E-state index in [4.69, 9.17) is 10.5 Å². The van der Waals surface area contributed by atoms with Crippen molar-refractivity contribution in [2.75, 3.05) is 16.4 Å². The zero-order chi connectivity index (χ0) is 21.1. The fraction of sp³-hybridized carbons (Fsp3) is 0.0909. The summed E-state index contributed by atoms with van der Waals surface area (Å²) in [6, 6.07) is 16.8. The standard InChI is InChI=1S/C22H20N6O2/c1-13-6-7-15-4-3-5-18(20(15)26-13)30-22-19(23)21(24-12-25-22)28-17-10-8-16(9-11-17)27-14(2)29/h3-12H,23H2,1-2H3,(H,27,29)(H,24,25,28). The number of aryl methyl sites for hydroxylation is 1. The van der Waals surface area contributed by atoms with E-state index in [0.717, 1.165) is 22.3 Å². The topological polar surface area (TPSA) is 115 Å². The maximum atomic E-state index is 11.1. The van der Waals surface area contributed by atoms with Gasteiger partial charge in [-0.1, -0.05) is 18.2 Å². The summed E-state index contributed by atoms with van der Waals surface area (Å²) in [5, 5.41) is 6.82. The molecule has 4 N–H and O–H groups in total. The molecule has 0 bridgehead atoms. The molecular formula is C22H20N6O2. The summed E-state index contributed by atoms with van der Waals surface area (Å²) in [6.45, 7) is 3.39. The molecule has 0 fully saturated rings. The fourth-order valence-corrected chi connectivity index (χ4v) is 2.94. The van der Waals surface area contributed by atoms with Crippen LogP contribution in [0, 0.1) is 6.92 Å². The maximum Gasteiger partial charge on any atom is 0.248 e. The molecule has 2 aromatic heterocycles. The van der Waals surface area contributed by atoms with Crippen molar-refractivity contribution < 1.29 is 9.53 Å². The summed E-state index contributed by atoms with van der Waals surface area (Å²) in [5.41, 5.74) is 9.61. The Hall–Kier alpha value is -4.20. The largest absolute Gasteiger partial charge is 0.435 e. The van der Waals surface area contributed by atoms with Crippen LogP contribution in [0.2, 0.25) is 0 Å². The van der Waals surface area contributed by atoms with Crippen LogP contribution in [0.15, 0.2) is 60.9 Å². The number of aromatic nitrogens is 3. The third kappa shape index (κ3) is 4.12. The Bertz CT molecular complexity index is 1220. The lowest BCUT2D eigenvalue weighted by molar-refractivity contribution is -0.114. The zero-order valence-electron chi connectivity index (χ0n) is 16.5. The van der Waals surface area contributed by atoms with Gasteiger partial charge in [0.1, 0.15) is 17.5 Å². The van der Waals surface area contributed by atoms with Crippen molar-refractivity contribution in [1.82, 2.24) is 15.0 Å². The second-order valence-corrected chi connectivity index (χ2v) is 6.71. The van der Waals surface area contributed by atoms with E-state index in [9.17, 15) is 4.79 Å². The molecule has 0 saturated carbocycles. The summed E-state index contributed by atoms with van der Waals surface area (Å²) < 4.78 is 5.99. The first-order valence-electron chi connectivity index (χ1n) is 9.29. The lowest BCUT2D eigenvalue weighted by atomic mass is 10.2. The molecule has 4 rings (SSSR count). The van der Waals surface area contributed by atoms with Gasteiger partial charge in [-0.15, -0.1) is 0 Å². The second kappa shape index (κ2) is 8.04. The van der Waals surface area contributed by atoms with Crippen LogP contribution in [0.25, 0.3) is 10.9 Å². The van der Waals surface area contributed by atoms with Gasteiger partial charge in [-0.05, 0) is 43.3 Å². The Morgan fingerprint density at radius 3 is 2.53 bits per heavy atom. The van der Waals surface area contributed by atoms with Crippen LogP contribution in [-0.2, 0) is 4.79 Å². The number of nitrogens with zero attached hydrogens (tertiary/aromatic N) is 3. The van der Waals surface area contributed by atoms with Crippen LogP contribution < -0.4 is 21.1 Å². The van der Waals surface area contributed by atoms with E-state index in [1.165, 1.54) is 13.3 Å². The van der Waals surface area contributed by atoms with E-state index in [0.29, 0.717) is 17.3 Å². The van der Waals surface area contributed by atoms with E-state index in [2.05, 4.69) is 25.6 Å². The number of fused-ring (bicyclic) bond motifs is 1. The number of carbonyl (C=O) groups excluding carboxylic acids is 1. The van der Waals surface area contributed by atoms with Gasteiger partial charge in [0, 0.05) is 29.4 Å². The highest BCUT2D eigenvalue weighted by atomic mass is 16.5. The Morgan fingerprint density at radius 1 is 1.00 bits per heavy atom. The first-order valence-corrected chi connectivity index (χ1v) is 9.29. The van der Waals surface area contributed by atoms with Gasteiger partial charge >= 0.3 is 0 Å². The SMILES string of the molecule is CC(=O)Nc1ccc(Nc2ncnc(Oc3cccc4ccc(C)nc34)c2N)cc1. The molecule has 0 aliphatic carbocycles. The fourth-order valence-electron chi connectivity index (χ4n) is 2.94. The number of hydrogen-bond acceptors (Lipinski definition) is 7. The van der Waals surface area contributed by atoms with Crippen molar-refractivity contribution in [3.63, 3.8) is 0 Å². The number of nitrogens with one attached hydrogen (secondary N) is 2. The minimum Gasteiger partial charge on any atom is -0.435 e. The molecule has 2 aromatic carbocycles. The van der Waals surface area contributed by atoms with Crippen molar-refractivity contribution in [1.29, 1.82) is 0 Å². The number of ether oxygens (including phenoxy) is 1. The number of para-hydroxylation sites is 1. The van der Waals surface area contributed by atoms with Crippen molar-refractivity contribution in [2.45, 2.75) is 13.8 Å². The third-order valence-corrected chi connectivity index (χ3v) is 4.34. The Morgan fingerprint density at radius 2 is 1.77 bits per heavy atom. The van der Waals surface area contributed by atoms with E-state index in [1.807, 2.05) is 49.4 Å². The van der Waals surface area contributed by atoms with Gasteiger partial charge in [-0.25, -0.2) is 9.97 Å². The number of pyridine rings is 1. The summed E-state index contributed by atoms with van der Waals surface area (Å²) in [7, 11) is 0. The number of rotatable bonds is 5. The predicted molar refractivity (Wildman–Crippen MR) is 117 cm³/mol. The van der Waals surface area contributed by atoms with Crippen LogP contribution in [0.3, 0.4) is 0 Å². The third-order valence-electron chi connectivity index (χ3n) is 4.34. The van der Waals surface area contributed by atoms with E-state index < -0.39 is 0 Å². The molecule has 0 radical (unpaired) electrons. The molecule has 1 amide bonds.